The topological polar surface area (TPSA) is 119 Å². The summed E-state index contributed by atoms with van der Waals surface area (Å²) in [5.41, 5.74) is 1.23. The average molecular weight is 446 g/mol. The van der Waals surface area contributed by atoms with Crippen molar-refractivity contribution in [3.05, 3.63) is 64.2 Å². The molecule has 0 aliphatic heterocycles. The number of anilines is 2. The lowest BCUT2D eigenvalue weighted by Crippen LogP contribution is -2.22. The van der Waals surface area contributed by atoms with E-state index in [-0.39, 0.29) is 17.3 Å². The van der Waals surface area contributed by atoms with Crippen molar-refractivity contribution in [1.29, 1.82) is 0 Å². The zero-order chi connectivity index (χ0) is 21.5. The quantitative estimate of drug-likeness (QED) is 0.286. The number of benzene rings is 2. The highest BCUT2D eigenvalue weighted by atomic mass is 32.2. The SMILES string of the molecule is COc1ccc([N+](=O)[O-])cc1NC(=O)[C@@H](C)Sc1nnc(NCc2ccccc2)s1. The minimum Gasteiger partial charge on any atom is -0.495 e. The third kappa shape index (κ3) is 5.67. The minimum absolute atomic E-state index is 0.135. The molecular weight excluding hydrogens is 426 g/mol. The second kappa shape index (κ2) is 10.0. The molecule has 3 aromatic rings. The van der Waals surface area contributed by atoms with E-state index in [2.05, 4.69) is 20.8 Å². The van der Waals surface area contributed by atoms with Gasteiger partial charge in [-0.3, -0.25) is 14.9 Å². The maximum atomic E-state index is 12.6. The van der Waals surface area contributed by atoms with Crippen LogP contribution in [0, 0.1) is 10.1 Å². The molecule has 1 atom stereocenters. The molecule has 11 heteroatoms. The van der Waals surface area contributed by atoms with Crippen LogP contribution in [0.15, 0.2) is 52.9 Å². The van der Waals surface area contributed by atoms with Gasteiger partial charge in [-0.2, -0.15) is 0 Å². The van der Waals surface area contributed by atoms with E-state index >= 15 is 0 Å². The number of non-ortho nitro benzene ring substituents is 1. The van der Waals surface area contributed by atoms with Gasteiger partial charge in [-0.25, -0.2) is 0 Å². The molecule has 2 N–H and O–H groups in total. The van der Waals surface area contributed by atoms with E-state index in [1.54, 1.807) is 6.92 Å². The van der Waals surface area contributed by atoms with Gasteiger partial charge in [0.15, 0.2) is 4.34 Å². The monoisotopic (exact) mass is 445 g/mol. The van der Waals surface area contributed by atoms with Gasteiger partial charge in [0.1, 0.15) is 5.75 Å². The molecule has 30 heavy (non-hydrogen) atoms. The van der Waals surface area contributed by atoms with Gasteiger partial charge in [-0.1, -0.05) is 53.4 Å². The summed E-state index contributed by atoms with van der Waals surface area (Å²) in [6.45, 7) is 2.35. The van der Waals surface area contributed by atoms with Crippen LogP contribution in [-0.2, 0) is 11.3 Å². The fourth-order valence-electron chi connectivity index (χ4n) is 2.45. The number of rotatable bonds is 9. The smallest absolute Gasteiger partial charge is 0.271 e. The highest BCUT2D eigenvalue weighted by molar-refractivity contribution is 8.02. The molecule has 3 rings (SSSR count). The van der Waals surface area contributed by atoms with Crippen LogP contribution in [0.3, 0.4) is 0 Å². The molecule has 0 bridgehead atoms. The zero-order valence-corrected chi connectivity index (χ0v) is 17.8. The molecule has 9 nitrogen and oxygen atoms in total. The van der Waals surface area contributed by atoms with E-state index in [0.717, 1.165) is 5.56 Å². The number of ether oxygens (including phenoxy) is 1. The standard InChI is InChI=1S/C19H19N5O4S2/c1-12(17(25)21-15-10-14(24(26)27)8-9-16(15)28-2)29-19-23-22-18(30-19)20-11-13-6-4-3-5-7-13/h3-10,12H,11H2,1-2H3,(H,20,22)(H,21,25)/t12-/m1/s1. The van der Waals surface area contributed by atoms with Crippen LogP contribution in [0.1, 0.15) is 12.5 Å². The number of amides is 1. The third-order valence-corrected chi connectivity index (χ3v) is 6.06. The van der Waals surface area contributed by atoms with Gasteiger partial charge in [0.05, 0.1) is 23.0 Å². The molecule has 1 amide bonds. The van der Waals surface area contributed by atoms with Crippen molar-refractivity contribution in [2.75, 3.05) is 17.7 Å². The van der Waals surface area contributed by atoms with E-state index in [4.69, 9.17) is 4.74 Å². The van der Waals surface area contributed by atoms with Crippen molar-refractivity contribution in [3.63, 3.8) is 0 Å². The van der Waals surface area contributed by atoms with E-state index in [1.807, 2.05) is 30.3 Å². The molecule has 0 aliphatic rings. The molecule has 0 saturated carbocycles. The minimum atomic E-state index is -0.529. The third-order valence-electron chi connectivity index (χ3n) is 3.99. The number of hydrogen-bond acceptors (Lipinski definition) is 9. The fourth-order valence-corrected chi connectivity index (χ4v) is 4.34. The predicted octanol–water partition coefficient (Wildman–Crippen LogP) is 4.19. The molecule has 0 radical (unpaired) electrons. The van der Waals surface area contributed by atoms with Gasteiger partial charge in [-0.15, -0.1) is 10.2 Å². The van der Waals surface area contributed by atoms with E-state index < -0.39 is 10.2 Å². The number of nitro groups is 1. The van der Waals surface area contributed by atoms with Crippen LogP contribution < -0.4 is 15.4 Å². The Balaban J connectivity index is 1.59. The summed E-state index contributed by atoms with van der Waals surface area (Å²) in [5, 5.41) is 25.2. The highest BCUT2D eigenvalue weighted by Gasteiger charge is 2.20. The van der Waals surface area contributed by atoms with Crippen LogP contribution in [-0.4, -0.2) is 33.4 Å². The molecule has 1 heterocycles. The predicted molar refractivity (Wildman–Crippen MR) is 117 cm³/mol. The van der Waals surface area contributed by atoms with E-state index in [0.29, 0.717) is 21.8 Å². The van der Waals surface area contributed by atoms with Crippen molar-refractivity contribution in [1.82, 2.24) is 10.2 Å². The number of thioether (sulfide) groups is 1. The van der Waals surface area contributed by atoms with Gasteiger partial charge < -0.3 is 15.4 Å². The van der Waals surface area contributed by atoms with Gasteiger partial charge >= 0.3 is 0 Å². The number of nitrogens with zero attached hydrogens (tertiary/aromatic N) is 3. The molecule has 156 valence electrons. The van der Waals surface area contributed by atoms with Crippen LogP contribution >= 0.6 is 23.1 Å². The van der Waals surface area contributed by atoms with Crippen LogP contribution in [0.5, 0.6) is 5.75 Å². The van der Waals surface area contributed by atoms with Crippen molar-refractivity contribution < 1.29 is 14.5 Å². The molecular formula is C19H19N5O4S2. The Morgan fingerprint density at radius 3 is 2.73 bits per heavy atom. The number of nitro benzene ring substituents is 1. The van der Waals surface area contributed by atoms with Crippen molar-refractivity contribution in [3.8, 4) is 5.75 Å². The number of carbonyl (C=O) groups excluding carboxylic acids is 1. The van der Waals surface area contributed by atoms with Crippen molar-refractivity contribution in [2.45, 2.75) is 23.1 Å². The first-order chi connectivity index (χ1) is 14.5. The largest absolute Gasteiger partial charge is 0.495 e. The second-order valence-electron chi connectivity index (χ2n) is 6.10. The summed E-state index contributed by atoms with van der Waals surface area (Å²) in [4.78, 5) is 23.0. The van der Waals surface area contributed by atoms with Crippen molar-refractivity contribution in [2.24, 2.45) is 0 Å². The summed E-state index contributed by atoms with van der Waals surface area (Å²) in [6, 6.07) is 13.9. The van der Waals surface area contributed by atoms with E-state index in [9.17, 15) is 14.9 Å². The first kappa shape index (κ1) is 21.5. The van der Waals surface area contributed by atoms with Gasteiger partial charge in [0.2, 0.25) is 11.0 Å². The first-order valence-electron chi connectivity index (χ1n) is 8.87. The lowest BCUT2D eigenvalue weighted by atomic mass is 10.2. The Hall–Kier alpha value is -3.18. The number of carbonyl (C=O) groups is 1. The number of aromatic nitrogens is 2. The molecule has 0 spiro atoms. The summed E-state index contributed by atoms with van der Waals surface area (Å²) in [6.07, 6.45) is 0. The normalized spacial score (nSPS) is 11.5. The molecule has 2 aromatic carbocycles. The Morgan fingerprint density at radius 1 is 1.27 bits per heavy atom. The maximum Gasteiger partial charge on any atom is 0.271 e. The molecule has 0 saturated heterocycles. The molecule has 0 aliphatic carbocycles. The summed E-state index contributed by atoms with van der Waals surface area (Å²) in [7, 11) is 1.43. The zero-order valence-electron chi connectivity index (χ0n) is 16.2. The fraction of sp³-hybridized carbons (Fsp3) is 0.211. The lowest BCUT2D eigenvalue weighted by Gasteiger charge is -2.13. The highest BCUT2D eigenvalue weighted by Crippen LogP contribution is 2.32. The van der Waals surface area contributed by atoms with Gasteiger partial charge in [0, 0.05) is 18.7 Å². The maximum absolute atomic E-state index is 12.6. The van der Waals surface area contributed by atoms with Gasteiger partial charge in [-0.05, 0) is 18.6 Å². The Morgan fingerprint density at radius 2 is 2.03 bits per heavy atom. The summed E-state index contributed by atoms with van der Waals surface area (Å²) in [5.74, 6) is 0.0160. The van der Waals surface area contributed by atoms with Crippen LogP contribution in [0.2, 0.25) is 0 Å². The number of nitrogens with one attached hydrogen (secondary N) is 2. The first-order valence-corrected chi connectivity index (χ1v) is 10.6. The van der Waals surface area contributed by atoms with Crippen LogP contribution in [0.25, 0.3) is 0 Å². The summed E-state index contributed by atoms with van der Waals surface area (Å²) >= 11 is 2.61. The van der Waals surface area contributed by atoms with Crippen LogP contribution in [0.4, 0.5) is 16.5 Å². The number of methoxy groups -OCH3 is 1. The molecule has 0 fully saturated rings. The Kier molecular flexibility index (Phi) is 7.20. The molecule has 1 aromatic heterocycles. The molecule has 0 unspecified atom stereocenters. The number of hydrogen-bond donors (Lipinski definition) is 2. The second-order valence-corrected chi connectivity index (χ2v) is 8.67. The van der Waals surface area contributed by atoms with Gasteiger partial charge in [0.25, 0.3) is 5.69 Å². The Labute approximate surface area is 181 Å². The van der Waals surface area contributed by atoms with Crippen molar-refractivity contribution >= 4 is 45.5 Å². The summed E-state index contributed by atoms with van der Waals surface area (Å²) < 4.78 is 5.81. The average Bonchev–Trinajstić information content (AvgIpc) is 3.20. The lowest BCUT2D eigenvalue weighted by molar-refractivity contribution is -0.384. The van der Waals surface area contributed by atoms with E-state index in [1.165, 1.54) is 48.4 Å². The Bertz CT molecular complexity index is 1030.